The van der Waals surface area contributed by atoms with Crippen LogP contribution in [0.4, 0.5) is 0 Å². The lowest BCUT2D eigenvalue weighted by atomic mass is 10.1. The van der Waals surface area contributed by atoms with Crippen molar-refractivity contribution in [2.75, 3.05) is 13.1 Å². The standard InChI is InChI=1S/C11H24N2O/c1-4-6-7-8-10(3)13(5-2)11(14)9-12/h10H,4-9,12H2,1-3H3. The molecular weight excluding hydrogens is 176 g/mol. The summed E-state index contributed by atoms with van der Waals surface area (Å²) in [6, 6.07) is 0.336. The summed E-state index contributed by atoms with van der Waals surface area (Å²) in [6.45, 7) is 7.19. The van der Waals surface area contributed by atoms with E-state index in [1.54, 1.807) is 0 Å². The maximum atomic E-state index is 11.4. The van der Waals surface area contributed by atoms with E-state index in [9.17, 15) is 4.79 Å². The summed E-state index contributed by atoms with van der Waals surface area (Å²) in [5.74, 6) is 0.0662. The molecule has 0 fully saturated rings. The molecular formula is C11H24N2O. The molecule has 0 aromatic carbocycles. The normalized spacial score (nSPS) is 12.6. The van der Waals surface area contributed by atoms with Gasteiger partial charge in [-0.1, -0.05) is 26.2 Å². The molecule has 3 heteroatoms. The molecule has 3 nitrogen and oxygen atoms in total. The first-order valence-electron chi connectivity index (χ1n) is 5.66. The Bertz CT molecular complexity index is 159. The fraction of sp³-hybridized carbons (Fsp3) is 0.909. The van der Waals surface area contributed by atoms with E-state index in [0.29, 0.717) is 6.04 Å². The van der Waals surface area contributed by atoms with E-state index in [-0.39, 0.29) is 12.5 Å². The molecule has 0 saturated carbocycles. The highest BCUT2D eigenvalue weighted by molar-refractivity contribution is 5.78. The molecule has 0 bridgehead atoms. The molecule has 1 unspecified atom stereocenters. The van der Waals surface area contributed by atoms with Gasteiger partial charge in [0.05, 0.1) is 6.54 Å². The molecule has 0 aromatic heterocycles. The predicted molar refractivity (Wildman–Crippen MR) is 60.0 cm³/mol. The Labute approximate surface area is 87.6 Å². The zero-order chi connectivity index (χ0) is 11.0. The Hall–Kier alpha value is -0.570. The second-order valence-electron chi connectivity index (χ2n) is 3.73. The number of hydrogen-bond donors (Lipinski definition) is 1. The zero-order valence-electron chi connectivity index (χ0n) is 9.75. The average Bonchev–Trinajstić information content (AvgIpc) is 2.19. The minimum atomic E-state index is 0.0662. The molecule has 14 heavy (non-hydrogen) atoms. The number of rotatable bonds is 7. The number of unbranched alkanes of at least 4 members (excludes halogenated alkanes) is 2. The van der Waals surface area contributed by atoms with Crippen molar-refractivity contribution in [2.24, 2.45) is 5.73 Å². The van der Waals surface area contributed by atoms with Crippen LogP contribution in [-0.2, 0) is 4.79 Å². The van der Waals surface area contributed by atoms with E-state index in [1.807, 2.05) is 11.8 Å². The summed E-state index contributed by atoms with van der Waals surface area (Å²) in [5.41, 5.74) is 5.35. The van der Waals surface area contributed by atoms with Crippen LogP contribution < -0.4 is 5.73 Å². The van der Waals surface area contributed by atoms with Crippen LogP contribution in [0.15, 0.2) is 0 Å². The van der Waals surface area contributed by atoms with Gasteiger partial charge in [0.2, 0.25) is 5.91 Å². The maximum Gasteiger partial charge on any atom is 0.236 e. The Balaban J connectivity index is 3.91. The smallest absolute Gasteiger partial charge is 0.236 e. The average molecular weight is 200 g/mol. The number of nitrogens with zero attached hydrogens (tertiary/aromatic N) is 1. The largest absolute Gasteiger partial charge is 0.339 e. The van der Waals surface area contributed by atoms with Crippen molar-refractivity contribution in [3.05, 3.63) is 0 Å². The van der Waals surface area contributed by atoms with Crippen LogP contribution in [0, 0.1) is 0 Å². The molecule has 1 atom stereocenters. The summed E-state index contributed by atoms with van der Waals surface area (Å²) in [7, 11) is 0. The molecule has 0 aliphatic rings. The monoisotopic (exact) mass is 200 g/mol. The van der Waals surface area contributed by atoms with Crippen LogP contribution in [0.1, 0.15) is 46.5 Å². The lowest BCUT2D eigenvalue weighted by Crippen LogP contribution is -2.41. The summed E-state index contributed by atoms with van der Waals surface area (Å²) in [4.78, 5) is 13.3. The van der Waals surface area contributed by atoms with Crippen LogP contribution in [0.5, 0.6) is 0 Å². The van der Waals surface area contributed by atoms with Crippen LogP contribution in [-0.4, -0.2) is 29.9 Å². The second-order valence-corrected chi connectivity index (χ2v) is 3.73. The van der Waals surface area contributed by atoms with E-state index in [0.717, 1.165) is 13.0 Å². The second kappa shape index (κ2) is 7.80. The van der Waals surface area contributed by atoms with E-state index >= 15 is 0 Å². The SMILES string of the molecule is CCCCCC(C)N(CC)C(=O)CN. The molecule has 1 amide bonds. The summed E-state index contributed by atoms with van der Waals surface area (Å²) < 4.78 is 0. The van der Waals surface area contributed by atoms with Gasteiger partial charge in [-0.05, 0) is 20.3 Å². The van der Waals surface area contributed by atoms with Gasteiger partial charge in [-0.3, -0.25) is 4.79 Å². The molecule has 0 heterocycles. The predicted octanol–water partition coefficient (Wildman–Crippen LogP) is 1.76. The van der Waals surface area contributed by atoms with Crippen LogP contribution in [0.3, 0.4) is 0 Å². The van der Waals surface area contributed by atoms with Gasteiger partial charge in [-0.25, -0.2) is 0 Å². The number of amides is 1. The quantitative estimate of drug-likeness (QED) is 0.637. The summed E-state index contributed by atoms with van der Waals surface area (Å²) in [5, 5.41) is 0. The van der Waals surface area contributed by atoms with Crippen molar-refractivity contribution in [1.82, 2.24) is 4.90 Å². The maximum absolute atomic E-state index is 11.4. The zero-order valence-corrected chi connectivity index (χ0v) is 9.75. The number of carbonyl (C=O) groups excluding carboxylic acids is 1. The topological polar surface area (TPSA) is 46.3 Å². The first kappa shape index (κ1) is 13.4. The van der Waals surface area contributed by atoms with E-state index in [4.69, 9.17) is 5.73 Å². The molecule has 2 N–H and O–H groups in total. The van der Waals surface area contributed by atoms with Gasteiger partial charge in [-0.2, -0.15) is 0 Å². The fourth-order valence-electron chi connectivity index (χ4n) is 1.70. The van der Waals surface area contributed by atoms with Crippen LogP contribution in [0.2, 0.25) is 0 Å². The Morgan fingerprint density at radius 1 is 1.36 bits per heavy atom. The van der Waals surface area contributed by atoms with Gasteiger partial charge < -0.3 is 10.6 Å². The summed E-state index contributed by atoms with van der Waals surface area (Å²) >= 11 is 0. The highest BCUT2D eigenvalue weighted by Crippen LogP contribution is 2.09. The van der Waals surface area contributed by atoms with Crippen molar-refractivity contribution in [2.45, 2.75) is 52.5 Å². The lowest BCUT2D eigenvalue weighted by molar-refractivity contribution is -0.131. The Kier molecular flexibility index (Phi) is 7.48. The highest BCUT2D eigenvalue weighted by atomic mass is 16.2. The minimum absolute atomic E-state index is 0.0662. The van der Waals surface area contributed by atoms with Crippen molar-refractivity contribution in [3.8, 4) is 0 Å². The number of likely N-dealkylation sites (N-methyl/N-ethyl adjacent to an activating group) is 1. The Morgan fingerprint density at radius 2 is 2.00 bits per heavy atom. The van der Waals surface area contributed by atoms with E-state index < -0.39 is 0 Å². The van der Waals surface area contributed by atoms with Crippen molar-refractivity contribution in [3.63, 3.8) is 0 Å². The molecule has 0 rings (SSSR count). The molecule has 0 aliphatic heterocycles. The highest BCUT2D eigenvalue weighted by Gasteiger charge is 2.15. The number of nitrogens with two attached hydrogens (primary N) is 1. The van der Waals surface area contributed by atoms with Crippen molar-refractivity contribution >= 4 is 5.91 Å². The van der Waals surface area contributed by atoms with Gasteiger partial charge in [0.15, 0.2) is 0 Å². The first-order valence-corrected chi connectivity index (χ1v) is 5.66. The van der Waals surface area contributed by atoms with E-state index in [2.05, 4.69) is 13.8 Å². The molecule has 0 aromatic rings. The minimum Gasteiger partial charge on any atom is -0.339 e. The lowest BCUT2D eigenvalue weighted by Gasteiger charge is -2.27. The van der Waals surface area contributed by atoms with E-state index in [1.165, 1.54) is 19.3 Å². The van der Waals surface area contributed by atoms with Gasteiger partial charge in [-0.15, -0.1) is 0 Å². The number of hydrogen-bond acceptors (Lipinski definition) is 2. The third-order valence-corrected chi connectivity index (χ3v) is 2.59. The van der Waals surface area contributed by atoms with Crippen LogP contribution >= 0.6 is 0 Å². The third-order valence-electron chi connectivity index (χ3n) is 2.59. The fourth-order valence-corrected chi connectivity index (χ4v) is 1.70. The van der Waals surface area contributed by atoms with Gasteiger partial charge in [0.1, 0.15) is 0 Å². The van der Waals surface area contributed by atoms with Crippen molar-refractivity contribution < 1.29 is 4.79 Å². The molecule has 0 saturated heterocycles. The molecule has 84 valence electrons. The molecule has 0 aliphatic carbocycles. The Morgan fingerprint density at radius 3 is 2.43 bits per heavy atom. The first-order chi connectivity index (χ1) is 6.67. The van der Waals surface area contributed by atoms with Crippen LogP contribution in [0.25, 0.3) is 0 Å². The van der Waals surface area contributed by atoms with Gasteiger partial charge >= 0.3 is 0 Å². The van der Waals surface area contributed by atoms with Crippen molar-refractivity contribution in [1.29, 1.82) is 0 Å². The molecule has 0 radical (unpaired) electrons. The number of carbonyl (C=O) groups is 1. The summed E-state index contributed by atoms with van der Waals surface area (Å²) in [6.07, 6.45) is 4.77. The third kappa shape index (κ3) is 4.61. The molecule has 0 spiro atoms. The van der Waals surface area contributed by atoms with Gasteiger partial charge in [0, 0.05) is 12.6 Å². The van der Waals surface area contributed by atoms with Gasteiger partial charge in [0.25, 0.3) is 0 Å².